The van der Waals surface area contributed by atoms with Gasteiger partial charge in [-0.2, -0.15) is 0 Å². The maximum atomic E-state index is 13.6. The summed E-state index contributed by atoms with van der Waals surface area (Å²) in [6.07, 6.45) is 0.988. The number of hydrogen-bond donors (Lipinski definition) is 1. The molecule has 2 aliphatic heterocycles. The Labute approximate surface area is 207 Å². The third kappa shape index (κ3) is 4.92. The molecule has 2 aromatic carbocycles. The van der Waals surface area contributed by atoms with Gasteiger partial charge < -0.3 is 15.1 Å². The van der Waals surface area contributed by atoms with Crippen molar-refractivity contribution in [1.29, 1.82) is 0 Å². The molecule has 178 valence electrons. The van der Waals surface area contributed by atoms with Crippen LogP contribution >= 0.6 is 15.9 Å². The fourth-order valence-electron chi connectivity index (χ4n) is 4.85. The van der Waals surface area contributed by atoms with E-state index in [-0.39, 0.29) is 42.0 Å². The van der Waals surface area contributed by atoms with Crippen molar-refractivity contribution in [3.05, 3.63) is 70.2 Å². The molecule has 0 radical (unpaired) electrons. The molecule has 3 amide bonds. The first kappa shape index (κ1) is 24.1. The molecule has 0 aliphatic carbocycles. The second-order valence-corrected chi connectivity index (χ2v) is 10.2. The van der Waals surface area contributed by atoms with Crippen molar-refractivity contribution in [3.63, 3.8) is 0 Å². The molecule has 0 spiro atoms. The molecule has 2 aromatic rings. The van der Waals surface area contributed by atoms with Gasteiger partial charge in [0.15, 0.2) is 5.78 Å². The third-order valence-electron chi connectivity index (χ3n) is 6.38. The number of ketones is 1. The first-order valence-corrected chi connectivity index (χ1v) is 12.3. The molecular formula is C26H28BrN3O4. The number of nitrogens with one attached hydrogen (secondary N) is 1. The lowest BCUT2D eigenvalue weighted by Gasteiger charge is -2.29. The second-order valence-electron chi connectivity index (χ2n) is 9.26. The maximum Gasteiger partial charge on any atom is 0.254 e. The van der Waals surface area contributed by atoms with E-state index in [0.717, 1.165) is 4.47 Å². The molecule has 7 nitrogen and oxygen atoms in total. The average molecular weight is 526 g/mol. The zero-order valence-electron chi connectivity index (χ0n) is 19.2. The standard InChI is InChI=1S/C26H28BrN3O4/c1-16(2)13-20(28-24(32)18-9-6-10-19(27)14-18)26(34)29-12-11-21-23(29)22(31)15-30(21)25(33)17-7-4-3-5-8-17/h3-10,14,16,20-21,23H,11-13,15H2,1-2H3,(H,28,32)/t20-,21+,23-/m0/s1. The van der Waals surface area contributed by atoms with Crippen LogP contribution in [0, 0.1) is 5.92 Å². The van der Waals surface area contributed by atoms with Crippen LogP contribution in [0.1, 0.15) is 47.4 Å². The lowest BCUT2D eigenvalue weighted by Crippen LogP contribution is -2.53. The fourth-order valence-corrected chi connectivity index (χ4v) is 5.25. The van der Waals surface area contributed by atoms with E-state index in [1.807, 2.05) is 26.0 Å². The maximum absolute atomic E-state index is 13.6. The molecule has 2 fully saturated rings. The molecule has 4 rings (SSSR count). The van der Waals surface area contributed by atoms with E-state index >= 15 is 0 Å². The van der Waals surface area contributed by atoms with Gasteiger partial charge >= 0.3 is 0 Å². The SMILES string of the molecule is CC(C)C[C@H](NC(=O)c1cccc(Br)c1)C(=O)N1CC[C@@H]2[C@H]1C(=O)CN2C(=O)c1ccccc1. The number of nitrogens with zero attached hydrogens (tertiary/aromatic N) is 2. The normalized spacial score (nSPS) is 20.4. The van der Waals surface area contributed by atoms with Crippen molar-refractivity contribution in [1.82, 2.24) is 15.1 Å². The number of likely N-dealkylation sites (tertiary alicyclic amines) is 2. The minimum atomic E-state index is -0.753. The minimum Gasteiger partial charge on any atom is -0.340 e. The number of carbonyl (C=O) groups is 4. The fraction of sp³-hybridized carbons (Fsp3) is 0.385. The van der Waals surface area contributed by atoms with Crippen molar-refractivity contribution in [2.45, 2.75) is 44.8 Å². The molecule has 1 N–H and O–H groups in total. The number of fused-ring (bicyclic) bond motifs is 1. The molecule has 3 atom stereocenters. The highest BCUT2D eigenvalue weighted by atomic mass is 79.9. The Bertz CT molecular complexity index is 1100. The van der Waals surface area contributed by atoms with Crippen LogP contribution in [0.3, 0.4) is 0 Å². The van der Waals surface area contributed by atoms with Crippen molar-refractivity contribution in [2.75, 3.05) is 13.1 Å². The number of carbonyl (C=O) groups excluding carboxylic acids is 4. The van der Waals surface area contributed by atoms with Gasteiger partial charge in [-0.3, -0.25) is 19.2 Å². The van der Waals surface area contributed by atoms with Crippen LogP contribution in [0.25, 0.3) is 0 Å². The molecule has 2 saturated heterocycles. The van der Waals surface area contributed by atoms with E-state index in [0.29, 0.717) is 30.5 Å². The number of hydrogen-bond acceptors (Lipinski definition) is 4. The number of halogens is 1. The van der Waals surface area contributed by atoms with E-state index < -0.39 is 12.1 Å². The quantitative estimate of drug-likeness (QED) is 0.626. The summed E-state index contributed by atoms with van der Waals surface area (Å²) in [4.78, 5) is 55.6. The predicted molar refractivity (Wildman–Crippen MR) is 131 cm³/mol. The Hall–Kier alpha value is -3.00. The highest BCUT2D eigenvalue weighted by Crippen LogP contribution is 2.32. The predicted octanol–water partition coefficient (Wildman–Crippen LogP) is 3.29. The minimum absolute atomic E-state index is 0.00785. The van der Waals surface area contributed by atoms with Crippen molar-refractivity contribution in [2.24, 2.45) is 5.92 Å². The van der Waals surface area contributed by atoms with E-state index in [9.17, 15) is 19.2 Å². The third-order valence-corrected chi connectivity index (χ3v) is 6.88. The Kier molecular flexibility index (Phi) is 7.16. The Balaban J connectivity index is 1.52. The average Bonchev–Trinajstić information content (AvgIpc) is 3.39. The van der Waals surface area contributed by atoms with Gasteiger partial charge in [0.05, 0.1) is 12.6 Å². The summed E-state index contributed by atoms with van der Waals surface area (Å²) >= 11 is 3.37. The van der Waals surface area contributed by atoms with Crippen LogP contribution in [0.15, 0.2) is 59.1 Å². The van der Waals surface area contributed by atoms with Gasteiger partial charge in [-0.15, -0.1) is 0 Å². The van der Waals surface area contributed by atoms with Crippen molar-refractivity contribution in [3.8, 4) is 0 Å². The van der Waals surface area contributed by atoms with E-state index in [4.69, 9.17) is 0 Å². The summed E-state index contributed by atoms with van der Waals surface area (Å²) in [5, 5.41) is 2.88. The van der Waals surface area contributed by atoms with E-state index in [1.54, 1.807) is 52.3 Å². The summed E-state index contributed by atoms with van der Waals surface area (Å²) in [5.74, 6) is -0.786. The Morgan fingerprint density at radius 3 is 2.41 bits per heavy atom. The summed E-state index contributed by atoms with van der Waals surface area (Å²) in [6, 6.07) is 14.1. The number of Topliss-reactive ketones (excluding diaryl/α,β-unsaturated/α-hetero) is 1. The zero-order valence-corrected chi connectivity index (χ0v) is 20.8. The zero-order chi connectivity index (χ0) is 24.4. The number of benzene rings is 2. The second kappa shape index (κ2) is 10.1. The van der Waals surface area contributed by atoms with Crippen molar-refractivity contribution < 1.29 is 19.2 Å². The van der Waals surface area contributed by atoms with Crippen LogP contribution in [-0.2, 0) is 9.59 Å². The number of amides is 3. The van der Waals surface area contributed by atoms with Gasteiger partial charge in [-0.05, 0) is 49.1 Å². The molecular weight excluding hydrogens is 498 g/mol. The molecule has 2 heterocycles. The highest BCUT2D eigenvalue weighted by molar-refractivity contribution is 9.10. The monoisotopic (exact) mass is 525 g/mol. The van der Waals surface area contributed by atoms with E-state index in [2.05, 4.69) is 21.2 Å². The van der Waals surface area contributed by atoms with Crippen LogP contribution < -0.4 is 5.32 Å². The van der Waals surface area contributed by atoms with Gasteiger partial charge in [-0.1, -0.05) is 54.0 Å². The van der Waals surface area contributed by atoms with Crippen LogP contribution in [0.2, 0.25) is 0 Å². The largest absolute Gasteiger partial charge is 0.340 e. The first-order chi connectivity index (χ1) is 16.3. The van der Waals surface area contributed by atoms with Crippen LogP contribution in [-0.4, -0.2) is 64.5 Å². The molecule has 8 heteroatoms. The molecule has 0 bridgehead atoms. The molecule has 0 saturated carbocycles. The summed E-state index contributed by atoms with van der Waals surface area (Å²) in [7, 11) is 0. The van der Waals surface area contributed by atoms with Gasteiger partial charge in [0, 0.05) is 22.1 Å². The summed E-state index contributed by atoms with van der Waals surface area (Å²) in [6.45, 7) is 4.34. The lowest BCUT2D eigenvalue weighted by molar-refractivity contribution is -0.138. The smallest absolute Gasteiger partial charge is 0.254 e. The Morgan fingerprint density at radius 1 is 1.03 bits per heavy atom. The summed E-state index contributed by atoms with van der Waals surface area (Å²) < 4.78 is 0.772. The van der Waals surface area contributed by atoms with Gasteiger partial charge in [-0.25, -0.2) is 0 Å². The van der Waals surface area contributed by atoms with Gasteiger partial charge in [0.25, 0.3) is 11.8 Å². The molecule has 34 heavy (non-hydrogen) atoms. The summed E-state index contributed by atoms with van der Waals surface area (Å²) in [5.41, 5.74) is 0.978. The molecule has 0 aromatic heterocycles. The topological polar surface area (TPSA) is 86.8 Å². The van der Waals surface area contributed by atoms with Crippen LogP contribution in [0.4, 0.5) is 0 Å². The van der Waals surface area contributed by atoms with E-state index in [1.165, 1.54) is 0 Å². The first-order valence-electron chi connectivity index (χ1n) is 11.5. The van der Waals surface area contributed by atoms with Gasteiger partial charge in [0.2, 0.25) is 5.91 Å². The Morgan fingerprint density at radius 2 is 1.74 bits per heavy atom. The molecule has 2 aliphatic rings. The molecule has 0 unspecified atom stereocenters. The van der Waals surface area contributed by atoms with Crippen LogP contribution in [0.5, 0.6) is 0 Å². The van der Waals surface area contributed by atoms with Gasteiger partial charge in [0.1, 0.15) is 12.1 Å². The lowest BCUT2D eigenvalue weighted by atomic mass is 10.0. The highest BCUT2D eigenvalue weighted by Gasteiger charge is 2.52. The number of rotatable bonds is 6. The van der Waals surface area contributed by atoms with Crippen molar-refractivity contribution >= 4 is 39.4 Å².